The number of nitro groups is 2. The Kier molecular flexibility index (Phi) is 73.4. The summed E-state index contributed by atoms with van der Waals surface area (Å²) in [5, 5.41) is 78.6. The Bertz CT molecular complexity index is 3760. The molecule has 2 amide bonds. The first kappa shape index (κ1) is 105. The van der Waals surface area contributed by atoms with Gasteiger partial charge in [-0.2, -0.15) is 15.8 Å². The molecule has 0 saturated carbocycles. The number of benzene rings is 6. The monoisotopic (exact) mass is 1640 g/mol. The Hall–Kier alpha value is -6.81. The van der Waals surface area contributed by atoms with Gasteiger partial charge in [-0.15, -0.1) is 24.3 Å². The third-order valence-corrected chi connectivity index (χ3v) is 11.0. The number of nitriles is 3. The summed E-state index contributed by atoms with van der Waals surface area (Å²) in [7, 11) is 4.96. The SMILES string of the molecule is CC.CC.CC.CC.CC.CC.N#C/C=C/c1cccc([N+](=O)[O-])c1O.N#CCCc1cccc(N[C-]=O)c1O.N#CCCc1cccc2n[c-]oc12.NCCCc1cccc2n[c-]oc12.O=Cc1cccc([N+](=O)[O-])c1O.[B]C(=O)NCCCc1cccc2n[c-]oc12.[Y].[Y].[Y].[Y]. The van der Waals surface area contributed by atoms with E-state index >= 15 is 0 Å². The van der Waals surface area contributed by atoms with Crippen LogP contribution in [0.4, 0.5) is 21.9 Å². The van der Waals surface area contributed by atoms with Gasteiger partial charge in [0.05, 0.1) is 45.8 Å². The molecule has 0 bridgehead atoms. The third-order valence-electron chi connectivity index (χ3n) is 11.0. The van der Waals surface area contributed by atoms with E-state index in [1.807, 2.05) is 144 Å². The standard InChI is InChI=1S/C11H10BN2O2.C10H9N2O2.C10H11N2O.C10H7N2O.C9H6N2O3.C7H5NO4.6C2H6.4Y/c12-11(15)13-6-2-4-8-3-1-5-9-10(8)16-7-14-9;11-6-2-4-8-3-1-5-9(10(8)14)12-7-13;2*11-6-2-4-8-3-1-5-9-10(8)13-7-12-9;10-6-2-4-7-3-1-5-8(9(7)12)11(13)14;9-4-5-2-1-3-6(7(5)10)8(11)12;6*1-2;;;;/h1,3,5H,2,4,6H2,(H,13,15);1,3,5,14H,2,4H2,(H,12,13);1,3,5H,2,4,6,11H2;1,3,5H,2,4H2;1-5,12H;1-4,10H;6*1-2H3;;;;/q4*-1;;;;;;;;;;;;/b;;;;4-2+;;;;;;;;;;;. The number of para-hydroxylation sites is 6. The minimum atomic E-state index is -0.748. The van der Waals surface area contributed by atoms with E-state index in [0.717, 1.165) is 87.8 Å². The van der Waals surface area contributed by atoms with Gasteiger partial charge in [-0.25, -0.2) is 0 Å². The van der Waals surface area contributed by atoms with E-state index in [4.69, 9.17) is 47.7 Å². The molecule has 0 aliphatic carbocycles. The molecule has 6 aromatic carbocycles. The first-order valence-corrected chi connectivity index (χ1v) is 30.3. The fourth-order valence-electron chi connectivity index (χ4n) is 7.14. The van der Waals surface area contributed by atoms with Crippen LogP contribution in [0.15, 0.2) is 129 Å². The van der Waals surface area contributed by atoms with Gasteiger partial charge in [0.2, 0.25) is 11.5 Å². The maximum absolute atomic E-state index is 10.5. The number of aromatic nitrogens is 3. The minimum Gasteiger partial charge on any atom is -0.573 e. The normalized spacial score (nSPS) is 8.71. The Morgan fingerprint density at radius 2 is 0.949 bits per heavy atom. The number of anilines is 1. The predicted octanol–water partition coefficient (Wildman–Crippen LogP) is 15.5. The first-order valence-electron chi connectivity index (χ1n) is 30.3. The molecule has 0 saturated heterocycles. The van der Waals surface area contributed by atoms with Crippen LogP contribution in [-0.4, -0.2) is 79.6 Å². The largest absolute Gasteiger partial charge is 0.573 e. The summed E-state index contributed by atoms with van der Waals surface area (Å²) in [5.41, 5.74) is 13.8. The van der Waals surface area contributed by atoms with E-state index < -0.39 is 32.8 Å². The molecule has 0 fully saturated rings. The van der Waals surface area contributed by atoms with E-state index in [9.17, 15) is 44.8 Å². The number of carbonyl (C=O) groups excluding carboxylic acids is 3. The van der Waals surface area contributed by atoms with Crippen molar-refractivity contribution in [2.24, 2.45) is 5.73 Å². The molecule has 0 atom stereocenters. The number of aldehydes is 1. The van der Waals surface area contributed by atoms with Crippen LogP contribution in [0.3, 0.4) is 0 Å². The number of carbonyl (C=O) groups is 2. The zero-order valence-corrected chi connectivity index (χ0v) is 69.0. The third kappa shape index (κ3) is 40.3. The number of aryl methyl sites for hydroxylation is 4. The van der Waals surface area contributed by atoms with E-state index in [0.29, 0.717) is 56.3 Å². The summed E-state index contributed by atoms with van der Waals surface area (Å²) in [6, 6.07) is 36.1. The van der Waals surface area contributed by atoms with E-state index in [1.165, 1.54) is 42.8 Å². The number of oxazole rings is 3. The number of nitrogens with one attached hydrogen (secondary N) is 2. The molecular weight excluding hydrogens is 1560 g/mol. The van der Waals surface area contributed by atoms with Crippen molar-refractivity contribution in [1.29, 1.82) is 15.8 Å². The molecule has 512 valence electrons. The van der Waals surface area contributed by atoms with Crippen molar-refractivity contribution in [3.63, 3.8) is 0 Å². The number of phenolic OH excluding ortho intramolecular Hbond substituents is 3. The molecule has 3 heterocycles. The van der Waals surface area contributed by atoms with Gasteiger partial charge in [0.25, 0.3) is 0 Å². The van der Waals surface area contributed by atoms with E-state index in [2.05, 4.69) is 50.8 Å². The number of hydrogen-bond acceptors (Lipinski definition) is 20. The van der Waals surface area contributed by atoms with Gasteiger partial charge in [-0.3, -0.25) is 29.8 Å². The molecule has 9 aromatic rings. The Morgan fingerprint density at radius 3 is 1.33 bits per heavy atom. The van der Waals surface area contributed by atoms with Gasteiger partial charge in [0.1, 0.15) is 19.2 Å². The quantitative estimate of drug-likeness (QED) is 0.00567. The van der Waals surface area contributed by atoms with E-state index in [-0.39, 0.29) is 153 Å². The van der Waals surface area contributed by atoms with Gasteiger partial charge >= 0.3 is 11.4 Å². The number of phenols is 3. The number of amides is 2. The van der Waals surface area contributed by atoms with Crippen molar-refractivity contribution in [3.05, 3.63) is 188 Å². The van der Waals surface area contributed by atoms with Crippen molar-refractivity contribution < 1.29 is 184 Å². The summed E-state index contributed by atoms with van der Waals surface area (Å²) >= 11 is 0. The van der Waals surface area contributed by atoms with Crippen LogP contribution < -0.4 is 16.4 Å². The molecule has 7 N–H and O–H groups in total. The van der Waals surface area contributed by atoms with Crippen molar-refractivity contribution >= 4 is 82.8 Å². The summed E-state index contributed by atoms with van der Waals surface area (Å²) in [4.78, 5) is 61.8. The second-order valence-corrected chi connectivity index (χ2v) is 16.4. The van der Waals surface area contributed by atoms with Crippen LogP contribution in [0.1, 0.15) is 147 Å². The van der Waals surface area contributed by atoms with Crippen LogP contribution in [-0.2, 0) is 161 Å². The number of nitrogens with zero attached hydrogens (tertiary/aromatic N) is 8. The average molecular weight is 1640 g/mol. The molecule has 29 heteroatoms. The number of allylic oxidation sites excluding steroid dienone is 1. The molecule has 0 aliphatic heterocycles. The van der Waals surface area contributed by atoms with Crippen molar-refractivity contribution in [2.45, 2.75) is 134 Å². The molecule has 0 aliphatic rings. The van der Waals surface area contributed by atoms with Gasteiger partial charge in [0.15, 0.2) is 19.9 Å². The summed E-state index contributed by atoms with van der Waals surface area (Å²) in [6.07, 6.45) is 17.2. The van der Waals surface area contributed by atoms with Gasteiger partial charge < -0.3 is 64.7 Å². The molecule has 6 radical (unpaired) electrons. The number of aromatic hydroxyl groups is 3. The van der Waals surface area contributed by atoms with Crippen LogP contribution in [0.5, 0.6) is 17.2 Å². The predicted molar refractivity (Wildman–Crippen MR) is 366 cm³/mol. The first-order chi connectivity index (χ1) is 45.7. The number of nitrogens with two attached hydrogens (primary N) is 1. The Balaban J connectivity index is -0.000000195. The molecule has 24 nitrogen and oxygen atoms in total. The van der Waals surface area contributed by atoms with Gasteiger partial charge in [-0.05, 0) is 96.1 Å². The fourth-order valence-corrected chi connectivity index (χ4v) is 7.14. The molecule has 9 rings (SSSR count). The molecule has 0 unspecified atom stereocenters. The van der Waals surface area contributed by atoms with E-state index in [1.54, 1.807) is 24.3 Å². The van der Waals surface area contributed by atoms with Crippen LogP contribution in [0.25, 0.3) is 39.4 Å². The topological polar surface area (TPSA) is 398 Å². The van der Waals surface area contributed by atoms with Crippen molar-refractivity contribution in [3.8, 4) is 35.5 Å². The molecule has 3 aromatic heterocycles. The number of hydrogen-bond donors (Lipinski definition) is 6. The van der Waals surface area contributed by atoms with Crippen LogP contribution in [0.2, 0.25) is 0 Å². The second-order valence-electron chi connectivity index (χ2n) is 16.4. The van der Waals surface area contributed by atoms with Crippen LogP contribution in [0, 0.1) is 73.4 Å². The Labute approximate surface area is 677 Å². The average Bonchev–Trinajstić information content (AvgIpc) is 1.59. The maximum atomic E-state index is 10.5. The Morgan fingerprint density at radius 1 is 0.582 bits per heavy atom. The van der Waals surface area contributed by atoms with Crippen molar-refractivity contribution in [2.75, 3.05) is 18.4 Å². The van der Waals surface area contributed by atoms with Gasteiger partial charge in [-0.1, -0.05) is 172 Å². The number of fused-ring (bicyclic) bond motifs is 3. The summed E-state index contributed by atoms with van der Waals surface area (Å²) in [6.45, 7) is 25.3. The molecular formula is C69H84BN11O13Y4-4. The maximum Gasteiger partial charge on any atom is 0.311 e. The number of nitro benzene ring substituents is 2. The van der Waals surface area contributed by atoms with Crippen molar-refractivity contribution in [1.82, 2.24) is 20.3 Å². The molecule has 0 spiro atoms. The molecule has 98 heavy (non-hydrogen) atoms. The summed E-state index contributed by atoms with van der Waals surface area (Å²) in [5.74, 6) is -1.50. The van der Waals surface area contributed by atoms with Gasteiger partial charge in [0, 0.05) is 174 Å². The number of rotatable bonds is 17. The van der Waals surface area contributed by atoms with Crippen LogP contribution >= 0.6 is 0 Å². The zero-order chi connectivity index (χ0) is 71.7. The smallest absolute Gasteiger partial charge is 0.311 e. The minimum absolute atomic E-state index is 0. The fraction of sp³-hybridized carbons (Fsp3) is 0.319. The zero-order valence-electron chi connectivity index (χ0n) is 57.7. The summed E-state index contributed by atoms with van der Waals surface area (Å²) < 4.78 is 15.4. The second kappa shape index (κ2) is 68.7.